The fourth-order valence-electron chi connectivity index (χ4n) is 1.23. The van der Waals surface area contributed by atoms with Crippen LogP contribution in [0, 0.1) is 0 Å². The van der Waals surface area contributed by atoms with Gasteiger partial charge in [0.05, 0.1) is 8.67 Å². The lowest BCUT2D eigenvalue weighted by atomic mass is 10.3. The SMILES string of the molecule is Cl.ClCCN(CCCl)Cc1cc(Cl)sc1Cl. The van der Waals surface area contributed by atoms with E-state index in [0.717, 1.165) is 29.5 Å². The van der Waals surface area contributed by atoms with Crippen molar-refractivity contribution in [2.24, 2.45) is 0 Å². The molecule has 0 amide bonds. The first-order valence-electron chi connectivity index (χ1n) is 4.45. The predicted octanol–water partition coefficient (Wildman–Crippen LogP) is 4.76. The van der Waals surface area contributed by atoms with Crippen LogP contribution in [0.5, 0.6) is 0 Å². The molecule has 16 heavy (non-hydrogen) atoms. The van der Waals surface area contributed by atoms with Gasteiger partial charge in [-0.15, -0.1) is 46.9 Å². The second-order valence-electron chi connectivity index (χ2n) is 3.00. The Hall–Kier alpha value is 1.11. The molecule has 0 saturated carbocycles. The van der Waals surface area contributed by atoms with Crippen molar-refractivity contribution in [2.75, 3.05) is 24.8 Å². The van der Waals surface area contributed by atoms with Crippen molar-refractivity contribution in [3.8, 4) is 0 Å². The Balaban J connectivity index is 0.00000225. The Morgan fingerprint density at radius 3 is 2.06 bits per heavy atom. The Kier molecular flexibility index (Phi) is 9.73. The van der Waals surface area contributed by atoms with Crippen LogP contribution < -0.4 is 0 Å². The molecule has 0 spiro atoms. The molecule has 1 nitrogen and oxygen atoms in total. The molecule has 1 aromatic heterocycles. The van der Waals surface area contributed by atoms with Gasteiger partial charge < -0.3 is 0 Å². The summed E-state index contributed by atoms with van der Waals surface area (Å²) in [5.74, 6) is 1.18. The van der Waals surface area contributed by atoms with Gasteiger partial charge in [-0.2, -0.15) is 0 Å². The number of hydrogen-bond acceptors (Lipinski definition) is 2. The molecular formula is C9H12Cl5NS. The van der Waals surface area contributed by atoms with E-state index in [1.807, 2.05) is 6.07 Å². The molecule has 0 saturated heterocycles. The summed E-state index contributed by atoms with van der Waals surface area (Å²) in [4.78, 5) is 2.16. The maximum atomic E-state index is 6.03. The first-order valence-corrected chi connectivity index (χ1v) is 7.09. The molecule has 0 unspecified atom stereocenters. The number of nitrogens with zero attached hydrogens (tertiary/aromatic N) is 1. The van der Waals surface area contributed by atoms with E-state index in [-0.39, 0.29) is 12.4 Å². The van der Waals surface area contributed by atoms with Gasteiger partial charge >= 0.3 is 0 Å². The summed E-state index contributed by atoms with van der Waals surface area (Å²) in [6.07, 6.45) is 0. The third-order valence-electron chi connectivity index (χ3n) is 1.92. The quantitative estimate of drug-likeness (QED) is 0.673. The zero-order valence-corrected chi connectivity index (χ0v) is 13.0. The Morgan fingerprint density at radius 2 is 1.69 bits per heavy atom. The number of rotatable bonds is 6. The van der Waals surface area contributed by atoms with Crippen LogP contribution in [0.25, 0.3) is 0 Å². The van der Waals surface area contributed by atoms with E-state index in [1.165, 1.54) is 11.3 Å². The molecule has 0 radical (unpaired) electrons. The van der Waals surface area contributed by atoms with Crippen molar-refractivity contribution >= 4 is 70.1 Å². The van der Waals surface area contributed by atoms with E-state index in [1.54, 1.807) is 0 Å². The molecule has 0 aromatic carbocycles. The van der Waals surface area contributed by atoms with Crippen LogP contribution >= 0.6 is 70.1 Å². The van der Waals surface area contributed by atoms with Crippen LogP contribution in [0.3, 0.4) is 0 Å². The van der Waals surface area contributed by atoms with Crippen molar-refractivity contribution < 1.29 is 0 Å². The molecule has 0 aliphatic rings. The lowest BCUT2D eigenvalue weighted by molar-refractivity contribution is 0.300. The zero-order valence-electron chi connectivity index (χ0n) is 8.39. The highest BCUT2D eigenvalue weighted by atomic mass is 35.5. The number of thiophene rings is 1. The van der Waals surface area contributed by atoms with Crippen molar-refractivity contribution in [3.63, 3.8) is 0 Å². The Labute approximate surface area is 126 Å². The topological polar surface area (TPSA) is 3.24 Å². The summed E-state index contributed by atoms with van der Waals surface area (Å²) in [5, 5.41) is 0. The van der Waals surface area contributed by atoms with Crippen molar-refractivity contribution in [2.45, 2.75) is 6.54 Å². The average Bonchev–Trinajstić information content (AvgIpc) is 2.46. The van der Waals surface area contributed by atoms with Gasteiger partial charge in [-0.05, 0) is 11.6 Å². The normalized spacial score (nSPS) is 10.6. The number of halogens is 5. The zero-order chi connectivity index (χ0) is 11.3. The van der Waals surface area contributed by atoms with Crippen LogP contribution in [-0.2, 0) is 6.54 Å². The van der Waals surface area contributed by atoms with Gasteiger partial charge in [-0.25, -0.2) is 0 Å². The molecular weight excluding hydrogens is 331 g/mol. The van der Waals surface area contributed by atoms with Gasteiger partial charge in [0, 0.05) is 31.4 Å². The predicted molar refractivity (Wildman–Crippen MR) is 78.3 cm³/mol. The van der Waals surface area contributed by atoms with Gasteiger partial charge in [0.25, 0.3) is 0 Å². The molecule has 7 heteroatoms. The largest absolute Gasteiger partial charge is 0.297 e. The minimum atomic E-state index is 0. The molecule has 1 rings (SSSR count). The van der Waals surface area contributed by atoms with Gasteiger partial charge in [0.2, 0.25) is 0 Å². The maximum absolute atomic E-state index is 6.03. The lowest BCUT2D eigenvalue weighted by Gasteiger charge is -2.19. The number of alkyl halides is 2. The average molecular weight is 344 g/mol. The summed E-state index contributed by atoms with van der Waals surface area (Å²) >= 11 is 24.7. The van der Waals surface area contributed by atoms with E-state index in [2.05, 4.69) is 4.90 Å². The third-order valence-corrected chi connectivity index (χ3v) is 3.83. The molecule has 1 aromatic rings. The highest BCUT2D eigenvalue weighted by Crippen LogP contribution is 2.31. The summed E-state index contributed by atoms with van der Waals surface area (Å²) in [6, 6.07) is 1.89. The van der Waals surface area contributed by atoms with E-state index in [9.17, 15) is 0 Å². The van der Waals surface area contributed by atoms with Gasteiger partial charge in [0.15, 0.2) is 0 Å². The molecule has 0 fully saturated rings. The molecule has 0 N–H and O–H groups in total. The highest BCUT2D eigenvalue weighted by Gasteiger charge is 2.10. The smallest absolute Gasteiger partial charge is 0.0989 e. The van der Waals surface area contributed by atoms with E-state index >= 15 is 0 Å². The standard InChI is InChI=1S/C9H11Cl4NS.ClH/c10-1-3-14(4-2-11)6-7-5-8(12)15-9(7)13;/h5H,1-4,6H2;1H. The maximum Gasteiger partial charge on any atom is 0.0989 e. The first-order chi connectivity index (χ1) is 7.17. The molecule has 0 atom stereocenters. The van der Waals surface area contributed by atoms with Crippen LogP contribution in [0.15, 0.2) is 6.07 Å². The summed E-state index contributed by atoms with van der Waals surface area (Å²) in [7, 11) is 0. The Bertz CT molecular complexity index is 298. The van der Waals surface area contributed by atoms with E-state index in [0.29, 0.717) is 16.1 Å². The second-order valence-corrected chi connectivity index (χ2v) is 6.05. The molecule has 0 bridgehead atoms. The fraction of sp³-hybridized carbons (Fsp3) is 0.556. The van der Waals surface area contributed by atoms with Crippen molar-refractivity contribution in [3.05, 3.63) is 20.3 Å². The van der Waals surface area contributed by atoms with Crippen LogP contribution in [0.2, 0.25) is 8.67 Å². The molecule has 0 aliphatic carbocycles. The van der Waals surface area contributed by atoms with E-state index in [4.69, 9.17) is 46.4 Å². The third kappa shape index (κ3) is 5.63. The lowest BCUT2D eigenvalue weighted by Crippen LogP contribution is -2.27. The van der Waals surface area contributed by atoms with Gasteiger partial charge in [-0.3, -0.25) is 4.90 Å². The highest BCUT2D eigenvalue weighted by molar-refractivity contribution is 7.20. The van der Waals surface area contributed by atoms with Crippen molar-refractivity contribution in [1.29, 1.82) is 0 Å². The van der Waals surface area contributed by atoms with Crippen LogP contribution in [0.1, 0.15) is 5.56 Å². The van der Waals surface area contributed by atoms with Gasteiger partial charge in [0.1, 0.15) is 0 Å². The van der Waals surface area contributed by atoms with E-state index < -0.39 is 0 Å². The fourth-order valence-corrected chi connectivity index (χ4v) is 3.18. The molecule has 0 aliphatic heterocycles. The molecule has 94 valence electrons. The summed E-state index contributed by atoms with van der Waals surface area (Å²) in [6.45, 7) is 2.36. The molecule has 1 heterocycles. The van der Waals surface area contributed by atoms with Crippen LogP contribution in [0.4, 0.5) is 0 Å². The van der Waals surface area contributed by atoms with Crippen molar-refractivity contribution in [1.82, 2.24) is 4.90 Å². The minimum absolute atomic E-state index is 0. The van der Waals surface area contributed by atoms with Crippen LogP contribution in [-0.4, -0.2) is 29.7 Å². The first kappa shape index (κ1) is 17.1. The monoisotopic (exact) mass is 341 g/mol. The second kappa shape index (κ2) is 9.09. The Morgan fingerprint density at radius 1 is 1.12 bits per heavy atom. The summed E-state index contributed by atoms with van der Waals surface area (Å²) < 4.78 is 1.46. The summed E-state index contributed by atoms with van der Waals surface area (Å²) in [5.41, 5.74) is 1.04. The van der Waals surface area contributed by atoms with Gasteiger partial charge in [-0.1, -0.05) is 23.2 Å². The minimum Gasteiger partial charge on any atom is -0.297 e. The number of hydrogen-bond donors (Lipinski definition) is 0.